The molecule has 1 N–H and O–H groups in total. The molecule has 3 nitrogen and oxygen atoms in total. The molecule has 1 aromatic carbocycles. The second-order valence-corrected chi connectivity index (χ2v) is 3.80. The number of hydrogen-bond donors (Lipinski definition) is 1. The Morgan fingerprint density at radius 2 is 2.12 bits per heavy atom. The zero-order chi connectivity index (χ0) is 11.4. The molecule has 3 heteroatoms. The molecular formula is C13H17NO2. The van der Waals surface area contributed by atoms with Gasteiger partial charge in [0.1, 0.15) is 11.9 Å². The first-order valence-electron chi connectivity index (χ1n) is 5.59. The SMILES string of the molecule is CCOc1ccc(C2ONCC=C2C)cc1. The molecule has 1 aromatic rings. The van der Waals surface area contributed by atoms with E-state index >= 15 is 0 Å². The lowest BCUT2D eigenvalue weighted by Gasteiger charge is -2.23. The normalized spacial score (nSPS) is 20.4. The summed E-state index contributed by atoms with van der Waals surface area (Å²) in [6, 6.07) is 8.04. The minimum Gasteiger partial charge on any atom is -0.494 e. The van der Waals surface area contributed by atoms with Gasteiger partial charge in [0.15, 0.2) is 0 Å². The summed E-state index contributed by atoms with van der Waals surface area (Å²) in [4.78, 5) is 5.52. The van der Waals surface area contributed by atoms with E-state index in [0.717, 1.165) is 17.9 Å². The van der Waals surface area contributed by atoms with Crippen molar-refractivity contribution in [3.05, 3.63) is 41.5 Å². The molecule has 0 bridgehead atoms. The van der Waals surface area contributed by atoms with Gasteiger partial charge >= 0.3 is 0 Å². The van der Waals surface area contributed by atoms with Crippen LogP contribution in [0.25, 0.3) is 0 Å². The van der Waals surface area contributed by atoms with E-state index in [-0.39, 0.29) is 6.10 Å². The summed E-state index contributed by atoms with van der Waals surface area (Å²) in [6.45, 7) is 5.54. The maximum atomic E-state index is 5.52. The fraction of sp³-hybridized carbons (Fsp3) is 0.385. The molecule has 0 saturated carbocycles. The number of ether oxygens (including phenoxy) is 1. The van der Waals surface area contributed by atoms with E-state index in [1.807, 2.05) is 31.2 Å². The quantitative estimate of drug-likeness (QED) is 0.793. The van der Waals surface area contributed by atoms with Gasteiger partial charge < -0.3 is 4.74 Å². The van der Waals surface area contributed by atoms with Gasteiger partial charge in [-0.3, -0.25) is 4.84 Å². The fourth-order valence-electron chi connectivity index (χ4n) is 1.77. The van der Waals surface area contributed by atoms with Gasteiger partial charge in [0.2, 0.25) is 0 Å². The molecular weight excluding hydrogens is 202 g/mol. The number of hydrogen-bond acceptors (Lipinski definition) is 3. The molecule has 86 valence electrons. The maximum Gasteiger partial charge on any atom is 0.125 e. The third-order valence-electron chi connectivity index (χ3n) is 2.62. The highest BCUT2D eigenvalue weighted by atomic mass is 16.7. The van der Waals surface area contributed by atoms with Crippen LogP contribution in [-0.4, -0.2) is 13.2 Å². The molecule has 0 fully saturated rings. The first-order chi connectivity index (χ1) is 7.81. The number of hydroxylamine groups is 1. The maximum absolute atomic E-state index is 5.52. The highest BCUT2D eigenvalue weighted by Gasteiger charge is 2.17. The molecule has 0 aliphatic carbocycles. The predicted octanol–water partition coefficient (Wildman–Crippen LogP) is 2.61. The molecule has 0 amide bonds. The standard InChI is InChI=1S/C13H17NO2/c1-3-15-12-6-4-11(5-7-12)13-10(2)8-9-14-16-13/h4-8,13-14H,3,9H2,1-2H3. The molecule has 0 saturated heterocycles. The van der Waals surface area contributed by atoms with Crippen molar-refractivity contribution in [2.45, 2.75) is 20.0 Å². The van der Waals surface area contributed by atoms with Crippen LogP contribution in [0.4, 0.5) is 0 Å². The Kier molecular flexibility index (Phi) is 3.59. The Morgan fingerprint density at radius 1 is 1.38 bits per heavy atom. The summed E-state index contributed by atoms with van der Waals surface area (Å²) in [5, 5.41) is 0. The zero-order valence-electron chi connectivity index (χ0n) is 9.69. The molecule has 2 rings (SSSR count). The number of nitrogens with one attached hydrogen (secondary N) is 1. The topological polar surface area (TPSA) is 30.5 Å². The summed E-state index contributed by atoms with van der Waals surface area (Å²) in [5.74, 6) is 0.900. The van der Waals surface area contributed by atoms with E-state index in [2.05, 4.69) is 18.5 Å². The minimum absolute atomic E-state index is 0.0180. The van der Waals surface area contributed by atoms with E-state index in [1.165, 1.54) is 5.57 Å². The van der Waals surface area contributed by atoms with Gasteiger partial charge in [0, 0.05) is 6.54 Å². The molecule has 0 radical (unpaired) electrons. The Labute approximate surface area is 96.0 Å². The van der Waals surface area contributed by atoms with Gasteiger partial charge in [-0.25, -0.2) is 0 Å². The highest BCUT2D eigenvalue weighted by Crippen LogP contribution is 2.27. The second-order valence-electron chi connectivity index (χ2n) is 3.80. The summed E-state index contributed by atoms with van der Waals surface area (Å²) in [5.41, 5.74) is 5.28. The van der Waals surface area contributed by atoms with Crippen molar-refractivity contribution in [1.29, 1.82) is 0 Å². The van der Waals surface area contributed by atoms with Crippen LogP contribution in [0, 0.1) is 0 Å². The number of benzene rings is 1. The van der Waals surface area contributed by atoms with Gasteiger partial charge in [0.05, 0.1) is 6.61 Å². The van der Waals surface area contributed by atoms with Gasteiger partial charge in [-0.1, -0.05) is 18.2 Å². The smallest absolute Gasteiger partial charge is 0.125 e. The van der Waals surface area contributed by atoms with Crippen molar-refractivity contribution in [1.82, 2.24) is 5.48 Å². The fourth-order valence-corrected chi connectivity index (χ4v) is 1.77. The second kappa shape index (κ2) is 5.14. The van der Waals surface area contributed by atoms with Crippen molar-refractivity contribution >= 4 is 0 Å². The minimum atomic E-state index is 0.0180. The summed E-state index contributed by atoms with van der Waals surface area (Å²) >= 11 is 0. The molecule has 1 aliphatic heterocycles. The Morgan fingerprint density at radius 3 is 2.75 bits per heavy atom. The van der Waals surface area contributed by atoms with E-state index < -0.39 is 0 Å². The highest BCUT2D eigenvalue weighted by molar-refractivity contribution is 5.32. The Hall–Kier alpha value is -1.32. The lowest BCUT2D eigenvalue weighted by Crippen LogP contribution is -2.24. The Bertz CT molecular complexity index is 370. The molecule has 16 heavy (non-hydrogen) atoms. The van der Waals surface area contributed by atoms with E-state index in [1.54, 1.807) is 0 Å². The van der Waals surface area contributed by atoms with E-state index in [9.17, 15) is 0 Å². The first-order valence-corrected chi connectivity index (χ1v) is 5.59. The lowest BCUT2D eigenvalue weighted by molar-refractivity contribution is -0.0101. The van der Waals surface area contributed by atoms with Gasteiger partial charge in [0.25, 0.3) is 0 Å². The predicted molar refractivity (Wildman–Crippen MR) is 63.2 cm³/mol. The summed E-state index contributed by atoms with van der Waals surface area (Å²) < 4.78 is 5.40. The molecule has 0 spiro atoms. The van der Waals surface area contributed by atoms with Gasteiger partial charge in [-0.05, 0) is 37.1 Å². The van der Waals surface area contributed by atoms with Crippen LogP contribution < -0.4 is 10.2 Å². The average molecular weight is 219 g/mol. The van der Waals surface area contributed by atoms with Crippen LogP contribution in [0.1, 0.15) is 25.5 Å². The van der Waals surface area contributed by atoms with Crippen molar-refractivity contribution < 1.29 is 9.57 Å². The molecule has 1 unspecified atom stereocenters. The van der Waals surface area contributed by atoms with Crippen LogP contribution in [0.15, 0.2) is 35.9 Å². The average Bonchev–Trinajstić information content (AvgIpc) is 2.31. The third-order valence-corrected chi connectivity index (χ3v) is 2.62. The van der Waals surface area contributed by atoms with Crippen LogP contribution in [0.3, 0.4) is 0 Å². The van der Waals surface area contributed by atoms with Crippen LogP contribution in [0.5, 0.6) is 5.75 Å². The van der Waals surface area contributed by atoms with Crippen LogP contribution in [-0.2, 0) is 4.84 Å². The lowest BCUT2D eigenvalue weighted by atomic mass is 10.0. The zero-order valence-corrected chi connectivity index (χ0v) is 9.69. The summed E-state index contributed by atoms with van der Waals surface area (Å²) in [6.07, 6.45) is 2.16. The van der Waals surface area contributed by atoms with Crippen LogP contribution in [0.2, 0.25) is 0 Å². The van der Waals surface area contributed by atoms with Crippen LogP contribution >= 0.6 is 0 Å². The van der Waals surface area contributed by atoms with Crippen molar-refractivity contribution in [3.8, 4) is 5.75 Å². The molecule has 1 aliphatic rings. The van der Waals surface area contributed by atoms with Gasteiger partial charge in [-0.2, -0.15) is 5.48 Å². The first kappa shape index (κ1) is 11.2. The molecule has 0 aromatic heterocycles. The monoisotopic (exact) mass is 219 g/mol. The van der Waals surface area contributed by atoms with E-state index in [0.29, 0.717) is 6.61 Å². The molecule has 1 heterocycles. The summed E-state index contributed by atoms with van der Waals surface area (Å²) in [7, 11) is 0. The Balaban J connectivity index is 2.14. The van der Waals surface area contributed by atoms with Crippen molar-refractivity contribution in [2.24, 2.45) is 0 Å². The number of rotatable bonds is 3. The molecule has 1 atom stereocenters. The van der Waals surface area contributed by atoms with Gasteiger partial charge in [-0.15, -0.1) is 0 Å². The van der Waals surface area contributed by atoms with E-state index in [4.69, 9.17) is 9.57 Å². The third kappa shape index (κ3) is 2.43. The van der Waals surface area contributed by atoms with Crippen molar-refractivity contribution in [3.63, 3.8) is 0 Å². The largest absolute Gasteiger partial charge is 0.494 e. The van der Waals surface area contributed by atoms with Crippen molar-refractivity contribution in [2.75, 3.05) is 13.2 Å².